The Morgan fingerprint density at radius 3 is 2.45 bits per heavy atom. The fourth-order valence-corrected chi connectivity index (χ4v) is 6.76. The van der Waals surface area contributed by atoms with Crippen molar-refractivity contribution in [2.24, 2.45) is 0 Å². The van der Waals surface area contributed by atoms with Gasteiger partial charge in [0.05, 0.1) is 28.9 Å². The Morgan fingerprint density at radius 2 is 1.71 bits per heavy atom. The average Bonchev–Trinajstić information content (AvgIpc) is 3.44. The van der Waals surface area contributed by atoms with Crippen LogP contribution in [-0.4, -0.2) is 30.1 Å². The Bertz CT molecular complexity index is 1790. The van der Waals surface area contributed by atoms with Crippen molar-refractivity contribution < 1.29 is 17.9 Å². The van der Waals surface area contributed by atoms with Gasteiger partial charge < -0.3 is 4.74 Å². The number of hydrogen-bond donors (Lipinski definition) is 1. The number of hydrogen-bond acceptors (Lipinski definition) is 6. The summed E-state index contributed by atoms with van der Waals surface area (Å²) in [5.41, 5.74) is 3.14. The van der Waals surface area contributed by atoms with Crippen LogP contribution >= 0.6 is 11.3 Å². The predicted octanol–water partition coefficient (Wildman–Crippen LogP) is 4.80. The molecule has 0 aliphatic rings. The first-order valence-electron chi connectivity index (χ1n) is 12.2. The highest BCUT2D eigenvalue weighted by Gasteiger charge is 2.26. The molecule has 3 aromatic carbocycles. The molecule has 1 unspecified atom stereocenters. The molecule has 0 saturated carbocycles. The van der Waals surface area contributed by atoms with Crippen LogP contribution in [0.3, 0.4) is 0 Å². The fraction of sp³-hybridized carbons (Fsp3) is 0.214. The van der Waals surface area contributed by atoms with E-state index in [1.54, 1.807) is 47.1 Å². The number of carbonyl (C=O) groups is 1. The molecule has 0 bridgehead atoms. The number of fused-ring (bicyclic) bond motifs is 2. The van der Waals surface area contributed by atoms with Crippen LogP contribution in [0.25, 0.3) is 21.1 Å². The molecule has 8 nitrogen and oxygen atoms in total. The number of amides is 1. The van der Waals surface area contributed by atoms with Gasteiger partial charge in [0.2, 0.25) is 5.91 Å². The summed E-state index contributed by atoms with van der Waals surface area (Å²) in [5, 5.41) is 3.20. The summed E-state index contributed by atoms with van der Waals surface area (Å²) in [6, 6.07) is 21.1. The summed E-state index contributed by atoms with van der Waals surface area (Å²) in [6.07, 6.45) is -1.35. The Balaban J connectivity index is 1.51. The van der Waals surface area contributed by atoms with E-state index in [2.05, 4.69) is 29.2 Å². The van der Waals surface area contributed by atoms with Crippen LogP contribution in [0.1, 0.15) is 30.7 Å². The summed E-state index contributed by atoms with van der Waals surface area (Å²) < 4.78 is 37.5. The van der Waals surface area contributed by atoms with E-state index < -0.39 is 22.2 Å². The van der Waals surface area contributed by atoms with E-state index in [0.717, 1.165) is 21.2 Å². The van der Waals surface area contributed by atoms with Crippen LogP contribution in [0.5, 0.6) is 0 Å². The lowest BCUT2D eigenvalue weighted by molar-refractivity contribution is -0.124. The first-order chi connectivity index (χ1) is 18.3. The van der Waals surface area contributed by atoms with Crippen LogP contribution in [-0.2, 0) is 26.1 Å². The van der Waals surface area contributed by atoms with Gasteiger partial charge in [0.25, 0.3) is 10.0 Å². The van der Waals surface area contributed by atoms with Crippen molar-refractivity contribution in [1.29, 1.82) is 0 Å². The number of nitrogens with one attached hydrogen (secondary N) is 1. The maximum Gasteiger partial charge on any atom is 0.331 e. The lowest BCUT2D eigenvalue weighted by Crippen LogP contribution is -2.35. The molecule has 2 aromatic heterocycles. The first-order valence-corrected chi connectivity index (χ1v) is 14.5. The summed E-state index contributed by atoms with van der Waals surface area (Å²) in [6.45, 7) is 4.39. The maximum atomic E-state index is 13.8. The number of aromatic nitrogens is 2. The second-order valence-electron chi connectivity index (χ2n) is 8.89. The molecule has 0 aliphatic carbocycles. The quantitative estimate of drug-likeness (QED) is 0.285. The molecule has 1 amide bonds. The zero-order chi connectivity index (χ0) is 26.9. The fourth-order valence-electron chi connectivity index (χ4n) is 4.72. The zero-order valence-corrected chi connectivity index (χ0v) is 22.6. The molecular weight excluding hydrogens is 522 g/mol. The summed E-state index contributed by atoms with van der Waals surface area (Å²) >= 11 is 1.63. The van der Waals surface area contributed by atoms with Crippen molar-refractivity contribution in [2.45, 2.75) is 37.9 Å². The molecule has 1 atom stereocenters. The molecule has 0 aliphatic heterocycles. The van der Waals surface area contributed by atoms with Gasteiger partial charge in [-0.15, -0.1) is 11.3 Å². The van der Waals surface area contributed by atoms with Crippen LogP contribution in [0.2, 0.25) is 0 Å². The third-order valence-electron chi connectivity index (χ3n) is 6.39. The van der Waals surface area contributed by atoms with E-state index in [0.29, 0.717) is 17.6 Å². The second kappa shape index (κ2) is 10.6. The number of benzene rings is 3. The van der Waals surface area contributed by atoms with Gasteiger partial charge in [-0.3, -0.25) is 13.9 Å². The maximum absolute atomic E-state index is 13.8. The number of carbonyl (C=O) groups excluding carboxylic acids is 1. The normalized spacial score (nSPS) is 12.7. The van der Waals surface area contributed by atoms with Crippen LogP contribution in [0.15, 0.2) is 87.9 Å². The van der Waals surface area contributed by atoms with Crippen LogP contribution in [0.4, 0.5) is 0 Å². The van der Waals surface area contributed by atoms with Crippen molar-refractivity contribution in [3.63, 3.8) is 0 Å². The van der Waals surface area contributed by atoms with E-state index in [1.807, 2.05) is 24.3 Å². The zero-order valence-electron chi connectivity index (χ0n) is 21.0. The minimum Gasteiger partial charge on any atom is -0.358 e. The number of para-hydroxylation sites is 2. The molecule has 5 aromatic rings. The molecule has 10 heteroatoms. The van der Waals surface area contributed by atoms with E-state index in [4.69, 9.17) is 4.74 Å². The molecule has 0 fully saturated rings. The number of thiophene rings is 1. The highest BCUT2D eigenvalue weighted by Crippen LogP contribution is 2.30. The van der Waals surface area contributed by atoms with Gasteiger partial charge >= 0.3 is 5.69 Å². The van der Waals surface area contributed by atoms with Crippen molar-refractivity contribution in [1.82, 2.24) is 13.9 Å². The Morgan fingerprint density at radius 1 is 1.00 bits per heavy atom. The monoisotopic (exact) mass is 549 g/mol. The molecule has 38 heavy (non-hydrogen) atoms. The second-order valence-corrected chi connectivity index (χ2v) is 11.5. The Hall–Kier alpha value is -3.73. The molecule has 2 heterocycles. The van der Waals surface area contributed by atoms with Gasteiger partial charge in [-0.2, -0.15) is 0 Å². The molecule has 0 saturated heterocycles. The number of sulfonamides is 1. The van der Waals surface area contributed by atoms with Gasteiger partial charge in [-0.1, -0.05) is 42.5 Å². The van der Waals surface area contributed by atoms with Crippen molar-refractivity contribution in [2.75, 3.05) is 6.61 Å². The summed E-state index contributed by atoms with van der Waals surface area (Å²) in [4.78, 5) is 26.7. The van der Waals surface area contributed by atoms with E-state index >= 15 is 0 Å². The molecule has 0 radical (unpaired) electrons. The third kappa shape index (κ3) is 4.90. The van der Waals surface area contributed by atoms with Crippen molar-refractivity contribution in [3.05, 3.63) is 99.8 Å². The smallest absolute Gasteiger partial charge is 0.331 e. The van der Waals surface area contributed by atoms with Gasteiger partial charge in [-0.05, 0) is 60.7 Å². The molecule has 5 rings (SSSR count). The molecule has 1 N–H and O–H groups in total. The van der Waals surface area contributed by atoms with E-state index in [-0.39, 0.29) is 23.6 Å². The topological polar surface area (TPSA) is 99.4 Å². The summed E-state index contributed by atoms with van der Waals surface area (Å²) in [7, 11) is -4.06. The minimum absolute atomic E-state index is 0.0200. The number of imidazole rings is 1. The minimum atomic E-state index is -4.06. The summed E-state index contributed by atoms with van der Waals surface area (Å²) in [5.74, 6) is -0.768. The van der Waals surface area contributed by atoms with Gasteiger partial charge in [0.15, 0.2) is 0 Å². The highest BCUT2D eigenvalue weighted by molar-refractivity contribution is 7.90. The van der Waals surface area contributed by atoms with Crippen LogP contribution in [0, 0.1) is 6.92 Å². The average molecular weight is 550 g/mol. The standard InChI is InChI=1S/C28H27N3O5S2/c1-3-36-26(16-25(32)29-38(34,35)21-11-5-4-6-12-21)31-23-14-8-7-13-22(23)30(28(31)33)17-20-18-37-24-15-9-10-19(2)27(20)24/h4-15,18,26H,3,16-17H2,1-2H3,(H,29,32). The predicted molar refractivity (Wildman–Crippen MR) is 149 cm³/mol. The van der Waals surface area contributed by atoms with Gasteiger partial charge in [0.1, 0.15) is 6.23 Å². The van der Waals surface area contributed by atoms with Crippen LogP contribution < -0.4 is 10.4 Å². The Kier molecular flexibility index (Phi) is 7.20. The van der Waals surface area contributed by atoms with Gasteiger partial charge in [-0.25, -0.2) is 17.9 Å². The Labute approximate surface area is 224 Å². The largest absolute Gasteiger partial charge is 0.358 e. The SMILES string of the molecule is CCOC(CC(=O)NS(=O)(=O)c1ccccc1)n1c(=O)n(Cc2csc3cccc(C)c23)c2ccccc21. The number of ether oxygens (including phenoxy) is 1. The van der Waals surface area contributed by atoms with Crippen molar-refractivity contribution in [3.8, 4) is 0 Å². The number of nitrogens with zero attached hydrogens (tertiary/aromatic N) is 2. The molecule has 0 spiro atoms. The van der Waals surface area contributed by atoms with E-state index in [9.17, 15) is 18.0 Å². The lowest BCUT2D eigenvalue weighted by Gasteiger charge is -2.18. The van der Waals surface area contributed by atoms with Gasteiger partial charge in [0, 0.05) is 16.7 Å². The highest BCUT2D eigenvalue weighted by atomic mass is 32.2. The van der Waals surface area contributed by atoms with E-state index in [1.165, 1.54) is 16.7 Å². The third-order valence-corrected chi connectivity index (χ3v) is 8.78. The number of rotatable bonds is 9. The van der Waals surface area contributed by atoms with Crippen molar-refractivity contribution >= 4 is 48.4 Å². The number of aryl methyl sites for hydroxylation is 1. The molecule has 196 valence electrons. The first kappa shape index (κ1) is 25.9. The molecular formula is C28H27N3O5S2. The lowest BCUT2D eigenvalue weighted by atomic mass is 10.1.